The summed E-state index contributed by atoms with van der Waals surface area (Å²) in [4.78, 5) is 27.5. The van der Waals surface area contributed by atoms with Crippen molar-refractivity contribution in [3.05, 3.63) is 28.7 Å². The zero-order valence-corrected chi connectivity index (χ0v) is 13.2. The first-order valence-corrected chi connectivity index (χ1v) is 7.32. The van der Waals surface area contributed by atoms with E-state index in [-0.39, 0.29) is 18.0 Å². The van der Waals surface area contributed by atoms with Gasteiger partial charge in [-0.05, 0) is 31.0 Å². The topological polar surface area (TPSA) is 52.7 Å². The lowest BCUT2D eigenvalue weighted by Gasteiger charge is -2.26. The molecule has 0 unspecified atom stereocenters. The van der Waals surface area contributed by atoms with Crippen LogP contribution in [0.25, 0.3) is 0 Å². The molecule has 1 heterocycles. The van der Waals surface area contributed by atoms with E-state index in [1.807, 2.05) is 24.3 Å². The third-order valence-corrected chi connectivity index (χ3v) is 3.81. The van der Waals surface area contributed by atoms with E-state index in [1.54, 1.807) is 19.0 Å². The Hall–Kier alpha value is -1.56. The van der Waals surface area contributed by atoms with Gasteiger partial charge in [0.05, 0.1) is 0 Å². The maximum absolute atomic E-state index is 12.3. The molecular formula is C14H18BrN3O2. The first-order valence-electron chi connectivity index (χ1n) is 6.53. The second-order valence-electron chi connectivity index (χ2n) is 5.02. The summed E-state index contributed by atoms with van der Waals surface area (Å²) in [5, 5.41) is 2.83. The fourth-order valence-electron chi connectivity index (χ4n) is 2.33. The Morgan fingerprint density at radius 2 is 2.15 bits per heavy atom. The van der Waals surface area contributed by atoms with Gasteiger partial charge < -0.3 is 15.1 Å². The van der Waals surface area contributed by atoms with Gasteiger partial charge in [-0.3, -0.25) is 4.79 Å². The highest BCUT2D eigenvalue weighted by atomic mass is 79.9. The van der Waals surface area contributed by atoms with Gasteiger partial charge in [-0.1, -0.05) is 22.0 Å². The van der Waals surface area contributed by atoms with Crippen molar-refractivity contribution in [2.45, 2.75) is 18.9 Å². The van der Waals surface area contributed by atoms with Crippen LogP contribution in [0, 0.1) is 0 Å². The van der Waals surface area contributed by atoms with Crippen LogP contribution in [0.5, 0.6) is 0 Å². The minimum atomic E-state index is -0.350. The lowest BCUT2D eigenvalue weighted by atomic mass is 10.2. The van der Waals surface area contributed by atoms with Gasteiger partial charge in [0.1, 0.15) is 6.04 Å². The quantitative estimate of drug-likeness (QED) is 0.900. The van der Waals surface area contributed by atoms with Crippen molar-refractivity contribution >= 4 is 33.6 Å². The molecule has 0 bridgehead atoms. The molecule has 0 spiro atoms. The molecule has 6 heteroatoms. The van der Waals surface area contributed by atoms with E-state index in [9.17, 15) is 9.59 Å². The van der Waals surface area contributed by atoms with Gasteiger partial charge in [0.2, 0.25) is 5.91 Å². The highest BCUT2D eigenvalue weighted by Crippen LogP contribution is 2.21. The largest absolute Gasteiger partial charge is 0.347 e. The van der Waals surface area contributed by atoms with Crippen LogP contribution in [0.3, 0.4) is 0 Å². The number of nitrogens with zero attached hydrogens (tertiary/aromatic N) is 2. The summed E-state index contributed by atoms with van der Waals surface area (Å²) >= 11 is 3.36. The molecule has 5 nitrogen and oxygen atoms in total. The number of halogens is 1. The Morgan fingerprint density at radius 1 is 1.40 bits per heavy atom. The van der Waals surface area contributed by atoms with Gasteiger partial charge in [0.25, 0.3) is 0 Å². The van der Waals surface area contributed by atoms with Crippen LogP contribution in [-0.2, 0) is 4.79 Å². The summed E-state index contributed by atoms with van der Waals surface area (Å²) in [7, 11) is 3.43. The third-order valence-electron chi connectivity index (χ3n) is 3.32. The standard InChI is InChI=1S/C14H18BrN3O2/c1-17(2)13(19)12-7-4-8-18(12)14(20)16-11-6-3-5-10(15)9-11/h3,5-6,9,12H,4,7-8H2,1-2H3,(H,16,20)/t12-/m1/s1. The molecule has 1 saturated heterocycles. The zero-order chi connectivity index (χ0) is 14.7. The Labute approximate surface area is 127 Å². The number of likely N-dealkylation sites (N-methyl/N-ethyl adjacent to an activating group) is 1. The van der Waals surface area contributed by atoms with Crippen molar-refractivity contribution in [2.24, 2.45) is 0 Å². The van der Waals surface area contributed by atoms with E-state index in [4.69, 9.17) is 0 Å². The van der Waals surface area contributed by atoms with Crippen LogP contribution in [0.1, 0.15) is 12.8 Å². The first-order chi connectivity index (χ1) is 9.49. The van der Waals surface area contributed by atoms with E-state index >= 15 is 0 Å². The third kappa shape index (κ3) is 3.30. The van der Waals surface area contributed by atoms with Crippen molar-refractivity contribution < 1.29 is 9.59 Å². The van der Waals surface area contributed by atoms with E-state index in [0.29, 0.717) is 12.2 Å². The summed E-state index contributed by atoms with van der Waals surface area (Å²) < 4.78 is 0.901. The predicted molar refractivity (Wildman–Crippen MR) is 81.6 cm³/mol. The van der Waals surface area contributed by atoms with E-state index in [0.717, 1.165) is 17.3 Å². The van der Waals surface area contributed by atoms with Gasteiger partial charge in [0, 0.05) is 30.8 Å². The summed E-state index contributed by atoms with van der Waals surface area (Å²) in [5.74, 6) is -0.0214. The molecule has 0 aliphatic carbocycles. The van der Waals surface area contributed by atoms with E-state index < -0.39 is 0 Å². The maximum Gasteiger partial charge on any atom is 0.322 e. The van der Waals surface area contributed by atoms with E-state index in [1.165, 1.54) is 4.90 Å². The van der Waals surface area contributed by atoms with Crippen molar-refractivity contribution in [3.63, 3.8) is 0 Å². The fourth-order valence-corrected chi connectivity index (χ4v) is 2.73. The Bertz CT molecular complexity index is 519. The molecule has 3 amide bonds. The normalized spacial score (nSPS) is 17.9. The molecule has 0 radical (unpaired) electrons. The van der Waals surface area contributed by atoms with Gasteiger partial charge in [-0.25, -0.2) is 4.79 Å². The maximum atomic E-state index is 12.3. The Kier molecular flexibility index (Phi) is 4.65. The number of anilines is 1. The summed E-state index contributed by atoms with van der Waals surface area (Å²) in [6.45, 7) is 0.615. The molecule has 2 rings (SSSR count). The first kappa shape index (κ1) is 14.8. The van der Waals surface area contributed by atoms with Crippen LogP contribution in [0.2, 0.25) is 0 Å². The molecule has 0 aromatic heterocycles. The van der Waals surface area contributed by atoms with Gasteiger partial charge in [0.15, 0.2) is 0 Å². The number of urea groups is 1. The van der Waals surface area contributed by atoms with Crippen LogP contribution in [-0.4, -0.2) is 48.4 Å². The van der Waals surface area contributed by atoms with Gasteiger partial charge in [-0.15, -0.1) is 0 Å². The monoisotopic (exact) mass is 339 g/mol. The predicted octanol–water partition coefficient (Wildman–Crippen LogP) is 2.53. The molecule has 1 aliphatic rings. The molecule has 1 aromatic rings. The number of carbonyl (C=O) groups is 2. The van der Waals surface area contributed by atoms with Crippen LogP contribution in [0.4, 0.5) is 10.5 Å². The lowest BCUT2D eigenvalue weighted by molar-refractivity contribution is -0.132. The lowest BCUT2D eigenvalue weighted by Crippen LogP contribution is -2.47. The molecule has 108 valence electrons. The van der Waals surface area contributed by atoms with Gasteiger partial charge in [-0.2, -0.15) is 0 Å². The molecule has 1 N–H and O–H groups in total. The number of rotatable bonds is 2. The molecule has 1 atom stereocenters. The minimum absolute atomic E-state index is 0.0214. The smallest absolute Gasteiger partial charge is 0.322 e. The number of hydrogen-bond acceptors (Lipinski definition) is 2. The van der Waals surface area contributed by atoms with Crippen LogP contribution < -0.4 is 5.32 Å². The Balaban J connectivity index is 2.06. The molecule has 1 fully saturated rings. The number of likely N-dealkylation sites (tertiary alicyclic amines) is 1. The summed E-state index contributed by atoms with van der Waals surface area (Å²) in [5.41, 5.74) is 0.715. The SMILES string of the molecule is CN(C)C(=O)[C@H]1CCCN1C(=O)Nc1cccc(Br)c1. The fraction of sp³-hybridized carbons (Fsp3) is 0.429. The molecule has 1 aliphatic heterocycles. The highest BCUT2D eigenvalue weighted by Gasteiger charge is 2.34. The second-order valence-corrected chi connectivity index (χ2v) is 5.94. The van der Waals surface area contributed by atoms with Crippen LogP contribution >= 0.6 is 15.9 Å². The number of amides is 3. The van der Waals surface area contributed by atoms with Crippen molar-refractivity contribution in [1.82, 2.24) is 9.80 Å². The number of benzene rings is 1. The van der Waals surface area contributed by atoms with Crippen LogP contribution in [0.15, 0.2) is 28.7 Å². The van der Waals surface area contributed by atoms with Crippen molar-refractivity contribution in [3.8, 4) is 0 Å². The molecular weight excluding hydrogens is 322 g/mol. The van der Waals surface area contributed by atoms with Gasteiger partial charge >= 0.3 is 6.03 Å². The number of hydrogen-bond donors (Lipinski definition) is 1. The van der Waals surface area contributed by atoms with Crippen molar-refractivity contribution in [1.29, 1.82) is 0 Å². The zero-order valence-electron chi connectivity index (χ0n) is 11.6. The number of nitrogens with one attached hydrogen (secondary N) is 1. The molecule has 0 saturated carbocycles. The average molecular weight is 340 g/mol. The summed E-state index contributed by atoms with van der Waals surface area (Å²) in [6, 6.07) is 6.83. The Morgan fingerprint density at radius 3 is 2.80 bits per heavy atom. The summed E-state index contributed by atoms with van der Waals surface area (Å²) in [6.07, 6.45) is 1.58. The highest BCUT2D eigenvalue weighted by molar-refractivity contribution is 9.10. The molecule has 1 aromatic carbocycles. The van der Waals surface area contributed by atoms with E-state index in [2.05, 4.69) is 21.2 Å². The second kappa shape index (κ2) is 6.26. The molecule has 20 heavy (non-hydrogen) atoms. The number of carbonyl (C=O) groups excluding carboxylic acids is 2. The average Bonchev–Trinajstić information content (AvgIpc) is 2.86. The minimum Gasteiger partial charge on any atom is -0.347 e. The van der Waals surface area contributed by atoms with Crippen molar-refractivity contribution in [2.75, 3.05) is 26.0 Å².